The monoisotopic (exact) mass is 501 g/mol. The second kappa shape index (κ2) is 11.0. The highest BCUT2D eigenvalue weighted by molar-refractivity contribution is 7.92. The number of sulfonamides is 1. The number of hydrogen-bond donors (Lipinski definition) is 1. The molecule has 0 unspecified atom stereocenters. The Labute approximate surface area is 206 Å². The molecule has 35 heavy (non-hydrogen) atoms. The maximum absolute atomic E-state index is 12.6. The lowest BCUT2D eigenvalue weighted by Gasteiger charge is -2.26. The molecule has 0 spiro atoms. The van der Waals surface area contributed by atoms with Gasteiger partial charge in [0.2, 0.25) is 15.9 Å². The van der Waals surface area contributed by atoms with Crippen molar-refractivity contribution in [2.24, 2.45) is 0 Å². The van der Waals surface area contributed by atoms with Gasteiger partial charge >= 0.3 is 0 Å². The molecule has 0 radical (unpaired) electrons. The van der Waals surface area contributed by atoms with Crippen molar-refractivity contribution in [3.8, 4) is 11.5 Å². The van der Waals surface area contributed by atoms with Crippen molar-refractivity contribution in [1.29, 1.82) is 0 Å². The second-order valence-corrected chi connectivity index (χ2v) is 10.7. The lowest BCUT2D eigenvalue weighted by Crippen LogP contribution is -2.35. The molecule has 188 valence electrons. The summed E-state index contributed by atoms with van der Waals surface area (Å²) < 4.78 is 37.1. The molecule has 9 nitrogen and oxygen atoms in total. The summed E-state index contributed by atoms with van der Waals surface area (Å²) in [5.74, 6) is 0.872. The van der Waals surface area contributed by atoms with E-state index < -0.39 is 10.0 Å². The normalized spacial score (nSPS) is 15.4. The maximum atomic E-state index is 12.6. The van der Waals surface area contributed by atoms with Gasteiger partial charge in [-0.2, -0.15) is 0 Å². The predicted molar refractivity (Wildman–Crippen MR) is 134 cm³/mol. The number of piperidine rings is 1. The number of rotatable bonds is 8. The number of hydrogen-bond acceptors (Lipinski definition) is 6. The minimum atomic E-state index is -3.55. The molecule has 0 bridgehead atoms. The molecule has 0 aromatic heterocycles. The van der Waals surface area contributed by atoms with E-state index in [1.165, 1.54) is 4.31 Å². The van der Waals surface area contributed by atoms with Crippen molar-refractivity contribution in [3.05, 3.63) is 48.0 Å². The van der Waals surface area contributed by atoms with E-state index in [-0.39, 0.29) is 24.8 Å². The van der Waals surface area contributed by atoms with Crippen molar-refractivity contribution in [1.82, 2.24) is 4.90 Å². The fraction of sp³-hybridized carbons (Fsp3) is 0.440. The van der Waals surface area contributed by atoms with Gasteiger partial charge in [-0.15, -0.1) is 0 Å². The zero-order valence-corrected chi connectivity index (χ0v) is 20.7. The van der Waals surface area contributed by atoms with E-state index in [2.05, 4.69) is 5.32 Å². The number of benzene rings is 2. The first-order valence-corrected chi connectivity index (χ1v) is 13.7. The fourth-order valence-corrected chi connectivity index (χ4v) is 5.21. The molecule has 4 rings (SSSR count). The Morgan fingerprint density at radius 1 is 0.971 bits per heavy atom. The first-order chi connectivity index (χ1) is 16.8. The zero-order chi connectivity index (χ0) is 24.8. The Morgan fingerprint density at radius 2 is 1.66 bits per heavy atom. The van der Waals surface area contributed by atoms with Gasteiger partial charge in [-0.25, -0.2) is 8.42 Å². The molecule has 2 amide bonds. The van der Waals surface area contributed by atoms with Crippen LogP contribution < -0.4 is 19.1 Å². The average Bonchev–Trinajstić information content (AvgIpc) is 2.86. The third-order valence-electron chi connectivity index (χ3n) is 6.04. The Morgan fingerprint density at radius 3 is 2.34 bits per heavy atom. The van der Waals surface area contributed by atoms with E-state index in [1.54, 1.807) is 42.5 Å². The quantitative estimate of drug-likeness (QED) is 0.595. The van der Waals surface area contributed by atoms with Gasteiger partial charge in [0.1, 0.15) is 13.2 Å². The molecule has 1 N–H and O–H groups in total. The number of amides is 2. The third-order valence-corrected chi connectivity index (χ3v) is 7.23. The molecule has 2 aromatic rings. The number of carbonyl (C=O) groups excluding carboxylic acids is 2. The van der Waals surface area contributed by atoms with Crippen molar-refractivity contribution in [2.75, 3.05) is 48.7 Å². The van der Waals surface area contributed by atoms with Gasteiger partial charge in [-0.3, -0.25) is 13.9 Å². The minimum Gasteiger partial charge on any atom is -0.486 e. The van der Waals surface area contributed by atoms with Gasteiger partial charge in [0, 0.05) is 43.4 Å². The van der Waals surface area contributed by atoms with Gasteiger partial charge in [-0.1, -0.05) is 0 Å². The van der Waals surface area contributed by atoms with Crippen LogP contribution in [0.5, 0.6) is 11.5 Å². The van der Waals surface area contributed by atoms with E-state index in [0.29, 0.717) is 48.1 Å². The number of ether oxygens (including phenoxy) is 2. The molecule has 2 heterocycles. The van der Waals surface area contributed by atoms with Crippen molar-refractivity contribution in [2.45, 2.75) is 32.1 Å². The first kappa shape index (κ1) is 24.8. The molecule has 0 saturated carbocycles. The molecule has 2 aliphatic rings. The highest BCUT2D eigenvalue weighted by Gasteiger charge is 2.21. The summed E-state index contributed by atoms with van der Waals surface area (Å²) in [6, 6.07) is 11.9. The number of likely N-dealkylation sites (tertiary alicyclic amines) is 1. The van der Waals surface area contributed by atoms with Crippen LogP contribution in [0.15, 0.2) is 42.5 Å². The molecule has 0 atom stereocenters. The number of fused-ring (bicyclic) bond motifs is 1. The van der Waals surface area contributed by atoms with Crippen LogP contribution in [0.4, 0.5) is 11.4 Å². The van der Waals surface area contributed by atoms with Crippen molar-refractivity contribution < 1.29 is 27.5 Å². The Kier molecular flexibility index (Phi) is 7.80. The van der Waals surface area contributed by atoms with Crippen LogP contribution in [0.25, 0.3) is 0 Å². The molecule has 2 aliphatic heterocycles. The molecular formula is C25H31N3O6S. The largest absolute Gasteiger partial charge is 0.486 e. The second-order valence-electron chi connectivity index (χ2n) is 8.75. The molecule has 2 aromatic carbocycles. The number of nitrogens with zero attached hydrogens (tertiary/aromatic N) is 2. The van der Waals surface area contributed by atoms with Gasteiger partial charge in [0.25, 0.3) is 5.91 Å². The Hall–Kier alpha value is -3.27. The summed E-state index contributed by atoms with van der Waals surface area (Å²) >= 11 is 0. The average molecular weight is 502 g/mol. The summed E-state index contributed by atoms with van der Waals surface area (Å²) in [6.07, 6.45) is 4.84. The van der Waals surface area contributed by atoms with Crippen LogP contribution in [0.3, 0.4) is 0 Å². The van der Waals surface area contributed by atoms with Crippen LogP contribution in [0, 0.1) is 0 Å². The van der Waals surface area contributed by atoms with Gasteiger partial charge in [0.05, 0.1) is 11.9 Å². The number of nitrogens with one attached hydrogen (secondary N) is 1. The predicted octanol–water partition coefficient (Wildman–Crippen LogP) is 3.27. The van der Waals surface area contributed by atoms with E-state index in [9.17, 15) is 18.0 Å². The van der Waals surface area contributed by atoms with Crippen LogP contribution in [0.1, 0.15) is 42.5 Å². The third kappa shape index (κ3) is 6.45. The number of carbonyl (C=O) groups is 2. The number of anilines is 2. The standard InChI is InChI=1S/C25H31N3O6S/c1-35(31,32)28(21-11-12-22-23(18-21)34-17-16-33-22)15-5-6-24(29)26-20-9-7-19(8-10-20)25(30)27-13-3-2-4-14-27/h7-12,18H,2-6,13-17H2,1H3,(H,26,29). The van der Waals surface area contributed by atoms with E-state index in [4.69, 9.17) is 9.47 Å². The first-order valence-electron chi connectivity index (χ1n) is 11.9. The molecule has 1 saturated heterocycles. The Bertz CT molecular complexity index is 1160. The smallest absolute Gasteiger partial charge is 0.253 e. The molecule has 10 heteroatoms. The summed E-state index contributed by atoms with van der Waals surface area (Å²) in [5.41, 5.74) is 1.66. The Balaban J connectivity index is 1.30. The van der Waals surface area contributed by atoms with Crippen molar-refractivity contribution >= 4 is 33.2 Å². The summed E-state index contributed by atoms with van der Waals surface area (Å²) in [6.45, 7) is 2.58. The van der Waals surface area contributed by atoms with Crippen LogP contribution in [0.2, 0.25) is 0 Å². The highest BCUT2D eigenvalue weighted by Crippen LogP contribution is 2.34. The molecular weight excluding hydrogens is 470 g/mol. The van der Waals surface area contributed by atoms with Gasteiger partial charge in [-0.05, 0) is 62.1 Å². The molecule has 0 aliphatic carbocycles. The highest BCUT2D eigenvalue weighted by atomic mass is 32.2. The van der Waals surface area contributed by atoms with Crippen LogP contribution >= 0.6 is 0 Å². The lowest BCUT2D eigenvalue weighted by molar-refractivity contribution is -0.116. The van der Waals surface area contributed by atoms with Crippen LogP contribution in [-0.2, 0) is 14.8 Å². The SMILES string of the molecule is CS(=O)(=O)N(CCCC(=O)Nc1ccc(C(=O)N2CCCCC2)cc1)c1ccc2c(c1)OCCO2. The lowest BCUT2D eigenvalue weighted by atomic mass is 10.1. The van der Waals surface area contributed by atoms with E-state index >= 15 is 0 Å². The summed E-state index contributed by atoms with van der Waals surface area (Å²) in [5, 5.41) is 2.81. The van der Waals surface area contributed by atoms with Crippen LogP contribution in [-0.4, -0.2) is 64.2 Å². The molecule has 1 fully saturated rings. The fourth-order valence-electron chi connectivity index (χ4n) is 4.26. The maximum Gasteiger partial charge on any atom is 0.253 e. The van der Waals surface area contributed by atoms with E-state index in [1.807, 2.05) is 4.90 Å². The minimum absolute atomic E-state index is 0.0163. The van der Waals surface area contributed by atoms with Gasteiger partial charge < -0.3 is 19.7 Å². The topological polar surface area (TPSA) is 105 Å². The summed E-state index contributed by atoms with van der Waals surface area (Å²) in [7, 11) is -3.55. The zero-order valence-electron chi connectivity index (χ0n) is 19.9. The van der Waals surface area contributed by atoms with Crippen molar-refractivity contribution in [3.63, 3.8) is 0 Å². The summed E-state index contributed by atoms with van der Waals surface area (Å²) in [4.78, 5) is 26.9. The van der Waals surface area contributed by atoms with E-state index in [0.717, 1.165) is 38.6 Å². The van der Waals surface area contributed by atoms with Gasteiger partial charge in [0.15, 0.2) is 11.5 Å².